The minimum atomic E-state index is 0.630. The zero-order valence-electron chi connectivity index (χ0n) is 16.2. The third kappa shape index (κ3) is 4.88. The molecule has 0 spiro atoms. The van der Waals surface area contributed by atoms with Gasteiger partial charge in [0.05, 0.1) is 19.8 Å². The van der Waals surface area contributed by atoms with Crippen molar-refractivity contribution in [1.82, 2.24) is 5.32 Å². The number of benzene rings is 2. The fraction of sp³-hybridized carbons (Fsp3) is 0.409. The Morgan fingerprint density at radius 3 is 2.75 bits per heavy atom. The number of aliphatic imine (C=N–C) groups is 1. The topological polar surface area (TPSA) is 64.1 Å². The monoisotopic (exact) mass is 381 g/mol. The number of guanidine groups is 1. The number of rotatable bonds is 6. The summed E-state index contributed by atoms with van der Waals surface area (Å²) in [6.07, 6.45) is 3.46. The van der Waals surface area contributed by atoms with Gasteiger partial charge < -0.3 is 24.8 Å². The fourth-order valence-electron chi connectivity index (χ4n) is 3.02. The smallest absolute Gasteiger partial charge is 0.195 e. The number of nitrogens with zero attached hydrogens (tertiary/aromatic N) is 1. The lowest BCUT2D eigenvalue weighted by Crippen LogP contribution is -2.30. The molecule has 1 heterocycles. The molecule has 2 aliphatic rings. The van der Waals surface area contributed by atoms with Crippen LogP contribution in [0.25, 0.3) is 0 Å². The van der Waals surface area contributed by atoms with Crippen molar-refractivity contribution in [2.45, 2.75) is 25.8 Å². The third-order valence-electron chi connectivity index (χ3n) is 4.82. The average molecular weight is 381 g/mol. The van der Waals surface area contributed by atoms with Crippen molar-refractivity contribution >= 4 is 11.6 Å². The standard InChI is InChI=1S/C22H27N3O3/c1-23-22(25-18-9-10-20-21(13-18)27-12-4-11-26-20)24-14-17-5-2-3-6-19(17)28-15-16-7-8-16/h2-3,5-6,9-10,13,16H,4,7-8,11-12,14-15H2,1H3,(H2,23,24,25). The minimum absolute atomic E-state index is 0.630. The second-order valence-corrected chi connectivity index (χ2v) is 7.12. The second-order valence-electron chi connectivity index (χ2n) is 7.12. The molecule has 1 fully saturated rings. The molecule has 6 nitrogen and oxygen atoms in total. The fourth-order valence-corrected chi connectivity index (χ4v) is 3.02. The summed E-state index contributed by atoms with van der Waals surface area (Å²) in [4.78, 5) is 4.32. The molecule has 6 heteroatoms. The van der Waals surface area contributed by atoms with Gasteiger partial charge in [0.1, 0.15) is 5.75 Å². The number of para-hydroxylation sites is 1. The maximum atomic E-state index is 5.99. The van der Waals surface area contributed by atoms with E-state index in [1.807, 2.05) is 36.4 Å². The highest BCUT2D eigenvalue weighted by Crippen LogP contribution is 2.32. The molecule has 1 aliphatic heterocycles. The van der Waals surface area contributed by atoms with E-state index in [-0.39, 0.29) is 0 Å². The second kappa shape index (κ2) is 8.87. The van der Waals surface area contributed by atoms with Crippen molar-refractivity contribution in [3.63, 3.8) is 0 Å². The van der Waals surface area contributed by atoms with Crippen LogP contribution < -0.4 is 24.8 Å². The van der Waals surface area contributed by atoms with Gasteiger partial charge in [-0.25, -0.2) is 0 Å². The SMILES string of the molecule is CN=C(NCc1ccccc1OCC1CC1)Nc1ccc2c(c1)OCCCO2. The van der Waals surface area contributed by atoms with E-state index >= 15 is 0 Å². The summed E-state index contributed by atoms with van der Waals surface area (Å²) in [5.41, 5.74) is 2.01. The largest absolute Gasteiger partial charge is 0.493 e. The van der Waals surface area contributed by atoms with Gasteiger partial charge in [0.25, 0.3) is 0 Å². The van der Waals surface area contributed by atoms with E-state index in [2.05, 4.69) is 21.7 Å². The Labute approximate surface area is 165 Å². The number of anilines is 1. The first-order chi connectivity index (χ1) is 13.8. The van der Waals surface area contributed by atoms with Crippen LogP contribution in [0, 0.1) is 5.92 Å². The first-order valence-electron chi connectivity index (χ1n) is 9.90. The van der Waals surface area contributed by atoms with Crippen LogP contribution >= 0.6 is 0 Å². The van der Waals surface area contributed by atoms with Gasteiger partial charge in [-0.05, 0) is 37.0 Å². The van der Waals surface area contributed by atoms with Crippen LogP contribution in [0.4, 0.5) is 5.69 Å². The van der Waals surface area contributed by atoms with E-state index in [1.54, 1.807) is 7.05 Å². The Kier molecular flexibility index (Phi) is 5.85. The molecule has 0 saturated heterocycles. The van der Waals surface area contributed by atoms with Crippen LogP contribution in [0.2, 0.25) is 0 Å². The van der Waals surface area contributed by atoms with E-state index in [0.29, 0.717) is 25.7 Å². The molecule has 28 heavy (non-hydrogen) atoms. The molecular formula is C22H27N3O3. The van der Waals surface area contributed by atoms with Gasteiger partial charge >= 0.3 is 0 Å². The predicted octanol–water partition coefficient (Wildman–Crippen LogP) is 3.82. The first kappa shape index (κ1) is 18.5. The third-order valence-corrected chi connectivity index (χ3v) is 4.82. The first-order valence-corrected chi connectivity index (χ1v) is 9.90. The maximum absolute atomic E-state index is 5.99. The number of hydrogen-bond acceptors (Lipinski definition) is 4. The molecule has 0 unspecified atom stereocenters. The summed E-state index contributed by atoms with van der Waals surface area (Å²) in [5.74, 6) is 3.90. The van der Waals surface area contributed by atoms with E-state index in [9.17, 15) is 0 Å². The molecule has 1 saturated carbocycles. The minimum Gasteiger partial charge on any atom is -0.493 e. The molecule has 0 atom stereocenters. The summed E-state index contributed by atoms with van der Waals surface area (Å²) in [6.45, 7) is 2.79. The molecule has 4 rings (SSSR count). The molecule has 0 bridgehead atoms. The molecule has 0 radical (unpaired) electrons. The molecule has 2 N–H and O–H groups in total. The Balaban J connectivity index is 1.37. The van der Waals surface area contributed by atoms with Gasteiger partial charge in [0.2, 0.25) is 0 Å². The summed E-state index contributed by atoms with van der Waals surface area (Å²) in [6, 6.07) is 14.0. The normalized spacial score (nSPS) is 16.2. The van der Waals surface area contributed by atoms with Crippen LogP contribution in [0.3, 0.4) is 0 Å². The van der Waals surface area contributed by atoms with Crippen molar-refractivity contribution in [3.05, 3.63) is 48.0 Å². The average Bonchev–Trinajstić information content (AvgIpc) is 3.57. The van der Waals surface area contributed by atoms with Crippen molar-refractivity contribution in [2.75, 3.05) is 32.2 Å². The molecular weight excluding hydrogens is 354 g/mol. The number of ether oxygens (including phenoxy) is 3. The van der Waals surface area contributed by atoms with Crippen molar-refractivity contribution in [1.29, 1.82) is 0 Å². The van der Waals surface area contributed by atoms with Crippen LogP contribution in [0.1, 0.15) is 24.8 Å². The number of nitrogens with one attached hydrogen (secondary N) is 2. The zero-order chi connectivity index (χ0) is 19.2. The quantitative estimate of drug-likeness (QED) is 0.588. The molecule has 0 aromatic heterocycles. The van der Waals surface area contributed by atoms with Gasteiger partial charge in [-0.2, -0.15) is 0 Å². The Morgan fingerprint density at radius 1 is 1.11 bits per heavy atom. The number of fused-ring (bicyclic) bond motifs is 1. The highest BCUT2D eigenvalue weighted by atomic mass is 16.5. The number of hydrogen-bond donors (Lipinski definition) is 2. The Hall–Kier alpha value is -2.89. The van der Waals surface area contributed by atoms with Gasteiger partial charge in [0.15, 0.2) is 17.5 Å². The molecule has 0 amide bonds. The molecule has 148 valence electrons. The summed E-state index contributed by atoms with van der Waals surface area (Å²) < 4.78 is 17.4. The van der Waals surface area contributed by atoms with Crippen molar-refractivity contribution in [3.8, 4) is 17.2 Å². The molecule has 1 aliphatic carbocycles. The lowest BCUT2D eigenvalue weighted by atomic mass is 10.2. The highest BCUT2D eigenvalue weighted by Gasteiger charge is 2.22. The summed E-state index contributed by atoms with van der Waals surface area (Å²) in [5, 5.41) is 6.67. The van der Waals surface area contributed by atoms with E-state index in [1.165, 1.54) is 12.8 Å². The predicted molar refractivity (Wildman–Crippen MR) is 111 cm³/mol. The van der Waals surface area contributed by atoms with E-state index in [4.69, 9.17) is 14.2 Å². The Bertz CT molecular complexity index is 834. The summed E-state index contributed by atoms with van der Waals surface area (Å²) >= 11 is 0. The van der Waals surface area contributed by atoms with Crippen molar-refractivity contribution in [2.24, 2.45) is 10.9 Å². The zero-order valence-corrected chi connectivity index (χ0v) is 16.2. The van der Waals surface area contributed by atoms with E-state index < -0.39 is 0 Å². The van der Waals surface area contributed by atoms with Gasteiger partial charge in [-0.3, -0.25) is 4.99 Å². The lowest BCUT2D eigenvalue weighted by Gasteiger charge is -2.16. The van der Waals surface area contributed by atoms with Crippen LogP contribution in [-0.4, -0.2) is 32.8 Å². The van der Waals surface area contributed by atoms with Crippen molar-refractivity contribution < 1.29 is 14.2 Å². The van der Waals surface area contributed by atoms with Gasteiger partial charge in [0, 0.05) is 37.3 Å². The lowest BCUT2D eigenvalue weighted by molar-refractivity contribution is 0.296. The van der Waals surface area contributed by atoms with Crippen LogP contribution in [0.15, 0.2) is 47.5 Å². The molecule has 2 aromatic carbocycles. The van der Waals surface area contributed by atoms with Gasteiger partial charge in [-0.15, -0.1) is 0 Å². The van der Waals surface area contributed by atoms with E-state index in [0.717, 1.165) is 47.4 Å². The van der Waals surface area contributed by atoms with Crippen LogP contribution in [0.5, 0.6) is 17.2 Å². The van der Waals surface area contributed by atoms with Crippen LogP contribution in [-0.2, 0) is 6.54 Å². The maximum Gasteiger partial charge on any atom is 0.195 e. The highest BCUT2D eigenvalue weighted by molar-refractivity contribution is 5.93. The Morgan fingerprint density at radius 2 is 1.93 bits per heavy atom. The van der Waals surface area contributed by atoms with Gasteiger partial charge in [-0.1, -0.05) is 18.2 Å². The molecule has 2 aromatic rings. The summed E-state index contributed by atoms with van der Waals surface area (Å²) in [7, 11) is 1.76.